The average Bonchev–Trinajstić information content (AvgIpc) is 3.16. The van der Waals surface area contributed by atoms with Crippen molar-refractivity contribution < 1.29 is 18.4 Å². The van der Waals surface area contributed by atoms with Crippen LogP contribution in [0.15, 0.2) is 53.1 Å². The third-order valence-electron chi connectivity index (χ3n) is 4.13. The van der Waals surface area contributed by atoms with Gasteiger partial charge in [-0.3, -0.25) is 4.79 Å². The van der Waals surface area contributed by atoms with Gasteiger partial charge in [0.2, 0.25) is 17.6 Å². The molecular formula is C20H20FN3O3. The lowest BCUT2D eigenvalue weighted by molar-refractivity contribution is -0.121. The molecule has 1 heterocycles. The van der Waals surface area contributed by atoms with Gasteiger partial charge in [-0.2, -0.15) is 4.98 Å². The second kappa shape index (κ2) is 8.44. The quantitative estimate of drug-likeness (QED) is 0.687. The summed E-state index contributed by atoms with van der Waals surface area (Å²) in [4.78, 5) is 16.4. The van der Waals surface area contributed by atoms with Crippen LogP contribution in [-0.2, 0) is 11.2 Å². The van der Waals surface area contributed by atoms with Crippen LogP contribution in [-0.4, -0.2) is 23.2 Å². The molecule has 0 fully saturated rings. The van der Waals surface area contributed by atoms with Crippen LogP contribution < -0.4 is 10.1 Å². The molecule has 0 saturated heterocycles. The molecule has 3 aromatic rings. The number of benzene rings is 2. The molecule has 1 atom stereocenters. The summed E-state index contributed by atoms with van der Waals surface area (Å²) in [5, 5.41) is 6.80. The van der Waals surface area contributed by atoms with Crippen LogP contribution in [0, 0.1) is 5.82 Å². The van der Waals surface area contributed by atoms with E-state index in [-0.39, 0.29) is 24.2 Å². The normalized spacial score (nSPS) is 11.8. The van der Waals surface area contributed by atoms with Gasteiger partial charge in [0.25, 0.3) is 0 Å². The molecule has 1 aromatic heterocycles. The third kappa shape index (κ3) is 4.91. The van der Waals surface area contributed by atoms with E-state index >= 15 is 0 Å². The molecule has 0 radical (unpaired) electrons. The van der Waals surface area contributed by atoms with Gasteiger partial charge < -0.3 is 14.6 Å². The van der Waals surface area contributed by atoms with Crippen molar-refractivity contribution in [2.24, 2.45) is 0 Å². The summed E-state index contributed by atoms with van der Waals surface area (Å²) in [6.45, 7) is 1.92. The van der Waals surface area contributed by atoms with Crippen LogP contribution in [0.5, 0.6) is 5.75 Å². The zero-order valence-electron chi connectivity index (χ0n) is 15.1. The van der Waals surface area contributed by atoms with E-state index in [1.807, 2.05) is 31.2 Å². The van der Waals surface area contributed by atoms with Crippen molar-refractivity contribution in [3.63, 3.8) is 0 Å². The highest BCUT2D eigenvalue weighted by Gasteiger charge is 2.13. The van der Waals surface area contributed by atoms with Crippen molar-refractivity contribution >= 4 is 5.91 Å². The second-order valence-corrected chi connectivity index (χ2v) is 6.08. The van der Waals surface area contributed by atoms with Crippen molar-refractivity contribution in [2.75, 3.05) is 7.11 Å². The standard InChI is InChI=1S/C20H20FN3O3/c1-13(14-5-9-17(26-2)10-6-14)22-18(25)11-12-19-23-20(24-27-19)15-3-7-16(21)8-4-15/h3-10,13H,11-12H2,1-2H3,(H,22,25)/t13-/m1/s1. The number of hydrogen-bond donors (Lipinski definition) is 1. The van der Waals surface area contributed by atoms with Crippen molar-refractivity contribution in [2.45, 2.75) is 25.8 Å². The van der Waals surface area contributed by atoms with E-state index in [0.717, 1.165) is 11.3 Å². The summed E-state index contributed by atoms with van der Waals surface area (Å²) in [5.74, 6) is 1.06. The number of carbonyl (C=O) groups excluding carboxylic acids is 1. The lowest BCUT2D eigenvalue weighted by Gasteiger charge is -2.14. The van der Waals surface area contributed by atoms with Gasteiger partial charge in [0, 0.05) is 18.4 Å². The highest BCUT2D eigenvalue weighted by atomic mass is 19.1. The molecule has 0 bridgehead atoms. The smallest absolute Gasteiger partial charge is 0.227 e. The maximum Gasteiger partial charge on any atom is 0.227 e. The summed E-state index contributed by atoms with van der Waals surface area (Å²) in [6, 6.07) is 13.2. The Hall–Kier alpha value is -3.22. The van der Waals surface area contributed by atoms with Crippen molar-refractivity contribution in [3.8, 4) is 17.1 Å². The van der Waals surface area contributed by atoms with Crippen LogP contribution in [0.3, 0.4) is 0 Å². The SMILES string of the molecule is COc1ccc([C@@H](C)NC(=O)CCc2nc(-c3ccc(F)cc3)no2)cc1. The molecule has 7 heteroatoms. The minimum absolute atomic E-state index is 0.111. The fraction of sp³-hybridized carbons (Fsp3) is 0.250. The molecule has 0 saturated carbocycles. The number of ether oxygens (including phenoxy) is 1. The molecule has 27 heavy (non-hydrogen) atoms. The van der Waals surface area contributed by atoms with E-state index < -0.39 is 0 Å². The van der Waals surface area contributed by atoms with Crippen LogP contribution in [0.25, 0.3) is 11.4 Å². The largest absolute Gasteiger partial charge is 0.497 e. The number of amides is 1. The lowest BCUT2D eigenvalue weighted by Crippen LogP contribution is -2.26. The predicted molar refractivity (Wildman–Crippen MR) is 97.6 cm³/mol. The van der Waals surface area contributed by atoms with Gasteiger partial charge in [-0.1, -0.05) is 17.3 Å². The maximum atomic E-state index is 13.0. The van der Waals surface area contributed by atoms with Crippen LogP contribution in [0.1, 0.15) is 30.8 Å². The topological polar surface area (TPSA) is 77.2 Å². The van der Waals surface area contributed by atoms with Crippen molar-refractivity contribution in [3.05, 3.63) is 65.8 Å². The van der Waals surface area contributed by atoms with Gasteiger partial charge in [0.05, 0.1) is 13.2 Å². The molecule has 0 aliphatic carbocycles. The van der Waals surface area contributed by atoms with Crippen LogP contribution >= 0.6 is 0 Å². The van der Waals surface area contributed by atoms with Gasteiger partial charge in [0.15, 0.2) is 0 Å². The van der Waals surface area contributed by atoms with Crippen molar-refractivity contribution in [1.29, 1.82) is 0 Å². The van der Waals surface area contributed by atoms with Crippen LogP contribution in [0.4, 0.5) is 4.39 Å². The summed E-state index contributed by atoms with van der Waals surface area (Å²) < 4.78 is 23.3. The predicted octanol–water partition coefficient (Wildman–Crippen LogP) is 3.69. The minimum Gasteiger partial charge on any atom is -0.497 e. The fourth-order valence-corrected chi connectivity index (χ4v) is 2.58. The molecule has 1 amide bonds. The first kappa shape index (κ1) is 18.6. The van der Waals surface area contributed by atoms with E-state index in [9.17, 15) is 9.18 Å². The number of aromatic nitrogens is 2. The fourth-order valence-electron chi connectivity index (χ4n) is 2.58. The number of halogens is 1. The minimum atomic E-state index is -0.329. The summed E-state index contributed by atoms with van der Waals surface area (Å²) in [6.07, 6.45) is 0.556. The molecule has 1 N–H and O–H groups in total. The first-order valence-corrected chi connectivity index (χ1v) is 8.57. The molecule has 6 nitrogen and oxygen atoms in total. The summed E-state index contributed by atoms with van der Waals surface area (Å²) in [7, 11) is 1.61. The Balaban J connectivity index is 1.52. The number of hydrogen-bond acceptors (Lipinski definition) is 5. The summed E-state index contributed by atoms with van der Waals surface area (Å²) >= 11 is 0. The molecule has 0 unspecified atom stereocenters. The van der Waals surface area contributed by atoms with Gasteiger partial charge in [-0.25, -0.2) is 4.39 Å². The van der Waals surface area contributed by atoms with E-state index in [1.165, 1.54) is 12.1 Å². The monoisotopic (exact) mass is 369 g/mol. The molecule has 0 spiro atoms. The van der Waals surface area contributed by atoms with Crippen LogP contribution in [0.2, 0.25) is 0 Å². The molecule has 0 aliphatic heterocycles. The molecular weight excluding hydrogens is 349 g/mol. The average molecular weight is 369 g/mol. The number of methoxy groups -OCH3 is 1. The number of nitrogens with zero attached hydrogens (tertiary/aromatic N) is 2. The Bertz CT molecular complexity index is 892. The van der Waals surface area contributed by atoms with E-state index in [0.29, 0.717) is 23.7 Å². The third-order valence-corrected chi connectivity index (χ3v) is 4.13. The molecule has 140 valence electrons. The summed E-state index contributed by atoms with van der Waals surface area (Å²) in [5.41, 5.74) is 1.64. The van der Waals surface area contributed by atoms with Gasteiger partial charge in [-0.15, -0.1) is 0 Å². The highest BCUT2D eigenvalue weighted by molar-refractivity contribution is 5.76. The maximum absolute atomic E-state index is 13.0. The number of rotatable bonds is 7. The van der Waals surface area contributed by atoms with Gasteiger partial charge in [-0.05, 0) is 48.9 Å². The highest BCUT2D eigenvalue weighted by Crippen LogP contribution is 2.18. The van der Waals surface area contributed by atoms with E-state index in [1.54, 1.807) is 19.2 Å². The number of nitrogens with one attached hydrogen (secondary N) is 1. The first-order chi connectivity index (χ1) is 13.0. The van der Waals surface area contributed by atoms with Gasteiger partial charge >= 0.3 is 0 Å². The van der Waals surface area contributed by atoms with Crippen molar-refractivity contribution in [1.82, 2.24) is 15.5 Å². The molecule has 0 aliphatic rings. The Morgan fingerprint density at radius 2 is 1.89 bits per heavy atom. The van der Waals surface area contributed by atoms with Gasteiger partial charge in [0.1, 0.15) is 11.6 Å². The second-order valence-electron chi connectivity index (χ2n) is 6.08. The number of aryl methyl sites for hydroxylation is 1. The number of carbonyl (C=O) groups is 1. The van der Waals surface area contributed by atoms with E-state index in [2.05, 4.69) is 15.5 Å². The Morgan fingerprint density at radius 1 is 1.19 bits per heavy atom. The zero-order chi connectivity index (χ0) is 19.2. The zero-order valence-corrected chi connectivity index (χ0v) is 15.1. The Morgan fingerprint density at radius 3 is 2.56 bits per heavy atom. The first-order valence-electron chi connectivity index (χ1n) is 8.57. The Labute approximate surface area is 156 Å². The molecule has 2 aromatic carbocycles. The Kier molecular flexibility index (Phi) is 5.80. The molecule has 3 rings (SSSR count). The van der Waals surface area contributed by atoms with E-state index in [4.69, 9.17) is 9.26 Å². The lowest BCUT2D eigenvalue weighted by atomic mass is 10.1.